The number of hydrogen-bond acceptors (Lipinski definition) is 4. The summed E-state index contributed by atoms with van der Waals surface area (Å²) in [4.78, 5) is 14.7. The van der Waals surface area contributed by atoms with Gasteiger partial charge in [-0.05, 0) is 18.7 Å². The maximum absolute atomic E-state index is 10.9. The highest BCUT2D eigenvalue weighted by Crippen LogP contribution is 2.15. The van der Waals surface area contributed by atoms with E-state index in [0.717, 1.165) is 13.0 Å². The summed E-state index contributed by atoms with van der Waals surface area (Å²) in [5.41, 5.74) is 0.857. The Morgan fingerprint density at radius 2 is 2.44 bits per heavy atom. The van der Waals surface area contributed by atoms with Crippen LogP contribution in [0.15, 0.2) is 18.5 Å². The maximum Gasteiger partial charge on any atom is 0.339 e. The van der Waals surface area contributed by atoms with Gasteiger partial charge in [-0.3, -0.25) is 4.98 Å². The van der Waals surface area contributed by atoms with Gasteiger partial charge in [-0.1, -0.05) is 6.92 Å². The highest BCUT2D eigenvalue weighted by atomic mass is 32.2. The molecule has 0 bridgehead atoms. The molecule has 88 valence electrons. The van der Waals surface area contributed by atoms with E-state index in [-0.39, 0.29) is 5.56 Å². The lowest BCUT2D eigenvalue weighted by Crippen LogP contribution is -2.11. The summed E-state index contributed by atoms with van der Waals surface area (Å²) in [6.45, 7) is 2.92. The van der Waals surface area contributed by atoms with E-state index < -0.39 is 5.97 Å². The largest absolute Gasteiger partial charge is 0.478 e. The molecule has 1 heterocycles. The summed E-state index contributed by atoms with van der Waals surface area (Å²) in [5, 5.41) is 12.6. The van der Waals surface area contributed by atoms with Crippen molar-refractivity contribution < 1.29 is 9.90 Å². The molecule has 16 heavy (non-hydrogen) atoms. The highest BCUT2D eigenvalue weighted by Gasteiger charge is 2.09. The molecule has 0 spiro atoms. The molecule has 5 heteroatoms. The number of carboxylic acids is 1. The van der Waals surface area contributed by atoms with Crippen LogP contribution in [-0.4, -0.2) is 34.1 Å². The molecule has 1 aromatic rings. The zero-order valence-corrected chi connectivity index (χ0v) is 10.3. The van der Waals surface area contributed by atoms with Gasteiger partial charge in [-0.2, -0.15) is 11.8 Å². The second-order valence-electron chi connectivity index (χ2n) is 3.49. The van der Waals surface area contributed by atoms with Crippen LogP contribution in [-0.2, 0) is 0 Å². The van der Waals surface area contributed by atoms with E-state index in [1.807, 2.05) is 0 Å². The van der Waals surface area contributed by atoms with Gasteiger partial charge in [0.15, 0.2) is 0 Å². The van der Waals surface area contributed by atoms with Crippen molar-refractivity contribution in [3.63, 3.8) is 0 Å². The molecule has 0 aromatic carbocycles. The lowest BCUT2D eigenvalue weighted by atomic mass is 10.2. The smallest absolute Gasteiger partial charge is 0.339 e. The number of rotatable bonds is 6. The fourth-order valence-electron chi connectivity index (χ4n) is 1.25. The van der Waals surface area contributed by atoms with E-state index in [2.05, 4.69) is 23.5 Å². The number of nitrogens with zero attached hydrogens (tertiary/aromatic N) is 1. The molecule has 1 unspecified atom stereocenters. The first-order valence-corrected chi connectivity index (χ1v) is 6.38. The minimum Gasteiger partial charge on any atom is -0.478 e. The van der Waals surface area contributed by atoms with E-state index in [0.29, 0.717) is 10.9 Å². The van der Waals surface area contributed by atoms with Crippen LogP contribution in [0.5, 0.6) is 0 Å². The first kappa shape index (κ1) is 12.8. The van der Waals surface area contributed by atoms with Crippen LogP contribution in [0.2, 0.25) is 0 Å². The van der Waals surface area contributed by atoms with Gasteiger partial charge in [-0.25, -0.2) is 4.79 Å². The minimum atomic E-state index is -0.950. The Morgan fingerprint density at radius 1 is 1.69 bits per heavy atom. The average molecular weight is 240 g/mol. The van der Waals surface area contributed by atoms with Gasteiger partial charge in [0.1, 0.15) is 5.56 Å². The Balaban J connectivity index is 2.56. The van der Waals surface area contributed by atoms with Crippen molar-refractivity contribution in [2.75, 3.05) is 18.1 Å². The van der Waals surface area contributed by atoms with Crippen molar-refractivity contribution in [2.45, 2.75) is 18.6 Å². The zero-order valence-electron chi connectivity index (χ0n) is 9.43. The molecule has 0 saturated carbocycles. The van der Waals surface area contributed by atoms with Gasteiger partial charge in [0.25, 0.3) is 0 Å². The predicted octanol–water partition coefficient (Wildman–Crippen LogP) is 2.33. The molecule has 0 aliphatic rings. The van der Waals surface area contributed by atoms with Crippen LogP contribution >= 0.6 is 11.8 Å². The Bertz CT molecular complexity index is 358. The normalized spacial score (nSPS) is 12.1. The van der Waals surface area contributed by atoms with E-state index >= 15 is 0 Å². The standard InChI is InChI=1S/C11H16N2O2S/c1-8(16-2)3-6-13-10-4-5-12-7-9(10)11(14)15/h4-5,7-8H,3,6H2,1-2H3,(H,12,13)(H,14,15). The third kappa shape index (κ3) is 3.73. The fourth-order valence-corrected chi connectivity index (χ4v) is 1.60. The summed E-state index contributed by atoms with van der Waals surface area (Å²) >= 11 is 1.80. The molecule has 0 radical (unpaired) electrons. The fraction of sp³-hybridized carbons (Fsp3) is 0.455. The molecule has 2 N–H and O–H groups in total. The Labute approximate surface area is 99.5 Å². The summed E-state index contributed by atoms with van der Waals surface area (Å²) < 4.78 is 0. The third-order valence-corrected chi connectivity index (χ3v) is 3.36. The van der Waals surface area contributed by atoms with Gasteiger partial charge >= 0.3 is 5.97 Å². The lowest BCUT2D eigenvalue weighted by molar-refractivity contribution is 0.0697. The number of anilines is 1. The van der Waals surface area contributed by atoms with E-state index in [9.17, 15) is 4.79 Å². The highest BCUT2D eigenvalue weighted by molar-refractivity contribution is 7.99. The molecule has 0 aliphatic carbocycles. The molecular weight excluding hydrogens is 224 g/mol. The average Bonchev–Trinajstić information content (AvgIpc) is 2.29. The molecule has 0 saturated heterocycles. The minimum absolute atomic E-state index is 0.222. The van der Waals surface area contributed by atoms with Crippen molar-refractivity contribution >= 4 is 23.4 Å². The van der Waals surface area contributed by atoms with Gasteiger partial charge in [-0.15, -0.1) is 0 Å². The first-order chi connectivity index (χ1) is 7.65. The van der Waals surface area contributed by atoms with E-state index in [4.69, 9.17) is 5.11 Å². The summed E-state index contributed by atoms with van der Waals surface area (Å²) in [7, 11) is 0. The van der Waals surface area contributed by atoms with E-state index in [1.165, 1.54) is 6.20 Å². The number of aromatic nitrogens is 1. The second-order valence-corrected chi connectivity index (χ2v) is 4.76. The summed E-state index contributed by atoms with van der Waals surface area (Å²) in [6, 6.07) is 1.69. The van der Waals surface area contributed by atoms with Crippen LogP contribution in [0.3, 0.4) is 0 Å². The SMILES string of the molecule is CSC(C)CCNc1ccncc1C(=O)O. The van der Waals surface area contributed by atoms with Crippen molar-refractivity contribution in [3.05, 3.63) is 24.0 Å². The van der Waals surface area contributed by atoms with Crippen LogP contribution in [0, 0.1) is 0 Å². The first-order valence-electron chi connectivity index (χ1n) is 5.09. The predicted molar refractivity (Wildman–Crippen MR) is 67.3 cm³/mol. The quantitative estimate of drug-likeness (QED) is 0.799. The van der Waals surface area contributed by atoms with Gasteiger partial charge < -0.3 is 10.4 Å². The van der Waals surface area contributed by atoms with Crippen LogP contribution in [0.4, 0.5) is 5.69 Å². The molecular formula is C11H16N2O2S. The number of hydrogen-bond donors (Lipinski definition) is 2. The van der Waals surface area contributed by atoms with Crippen LogP contribution in [0.25, 0.3) is 0 Å². The monoisotopic (exact) mass is 240 g/mol. The molecule has 1 atom stereocenters. The molecule has 1 rings (SSSR count). The molecule has 0 aliphatic heterocycles. The summed E-state index contributed by atoms with van der Waals surface area (Å²) in [5.74, 6) is -0.950. The Morgan fingerprint density at radius 3 is 3.06 bits per heavy atom. The number of carbonyl (C=O) groups is 1. The Hall–Kier alpha value is -1.23. The van der Waals surface area contributed by atoms with Crippen LogP contribution < -0.4 is 5.32 Å². The number of aromatic carboxylic acids is 1. The van der Waals surface area contributed by atoms with Gasteiger partial charge in [0.2, 0.25) is 0 Å². The van der Waals surface area contributed by atoms with Crippen molar-refractivity contribution in [3.8, 4) is 0 Å². The van der Waals surface area contributed by atoms with Crippen LogP contribution in [0.1, 0.15) is 23.7 Å². The number of thioether (sulfide) groups is 1. The van der Waals surface area contributed by atoms with Gasteiger partial charge in [0.05, 0.1) is 5.69 Å². The molecule has 0 fully saturated rings. The van der Waals surface area contributed by atoms with Crippen molar-refractivity contribution in [1.82, 2.24) is 4.98 Å². The molecule has 1 aromatic heterocycles. The van der Waals surface area contributed by atoms with Crippen molar-refractivity contribution in [2.24, 2.45) is 0 Å². The third-order valence-electron chi connectivity index (χ3n) is 2.32. The second kappa shape index (κ2) is 6.37. The Kier molecular flexibility index (Phi) is 5.11. The number of pyridine rings is 1. The number of nitrogens with one attached hydrogen (secondary N) is 1. The van der Waals surface area contributed by atoms with E-state index in [1.54, 1.807) is 24.0 Å². The lowest BCUT2D eigenvalue weighted by Gasteiger charge is -2.11. The summed E-state index contributed by atoms with van der Waals surface area (Å²) in [6.07, 6.45) is 6.03. The maximum atomic E-state index is 10.9. The van der Waals surface area contributed by atoms with Gasteiger partial charge in [0, 0.05) is 24.2 Å². The topological polar surface area (TPSA) is 62.2 Å². The zero-order chi connectivity index (χ0) is 12.0. The van der Waals surface area contributed by atoms with Crippen molar-refractivity contribution in [1.29, 1.82) is 0 Å². The molecule has 4 nitrogen and oxygen atoms in total. The number of carboxylic acid groups (broad SMARTS) is 1. The molecule has 0 amide bonds.